The predicted octanol–water partition coefficient (Wildman–Crippen LogP) is 2.86. The van der Waals surface area contributed by atoms with Crippen LogP contribution in [0.4, 0.5) is 0 Å². The molecule has 23 heavy (non-hydrogen) atoms. The number of carbonyl (C=O) groups excluding carboxylic acids is 2. The van der Waals surface area contributed by atoms with Gasteiger partial charge in [0.05, 0.1) is 6.10 Å². The minimum atomic E-state index is -0.508. The highest BCUT2D eigenvalue weighted by Gasteiger charge is 2.31. The fourth-order valence-corrected chi connectivity index (χ4v) is 3.10. The Kier molecular flexibility index (Phi) is 6.17. The first-order valence-corrected chi connectivity index (χ1v) is 8.21. The van der Waals surface area contributed by atoms with Gasteiger partial charge in [-0.05, 0) is 31.7 Å². The average molecular weight is 322 g/mol. The van der Waals surface area contributed by atoms with Crippen LogP contribution in [0.5, 0.6) is 0 Å². The highest BCUT2D eigenvalue weighted by molar-refractivity contribution is 6.02. The third-order valence-electron chi connectivity index (χ3n) is 4.36. The molecule has 5 nitrogen and oxygen atoms in total. The first-order valence-electron chi connectivity index (χ1n) is 8.21. The molecular weight excluding hydrogens is 292 g/mol. The molecule has 0 radical (unpaired) electrons. The van der Waals surface area contributed by atoms with Gasteiger partial charge in [0.2, 0.25) is 0 Å². The number of amides is 1. The van der Waals surface area contributed by atoms with E-state index in [1.54, 1.807) is 6.92 Å². The van der Waals surface area contributed by atoms with Crippen LogP contribution in [-0.4, -0.2) is 34.4 Å². The summed E-state index contributed by atoms with van der Waals surface area (Å²) in [5, 5.41) is 13.1. The molecule has 1 rings (SSSR count). The van der Waals surface area contributed by atoms with Crippen molar-refractivity contribution in [2.75, 3.05) is 6.54 Å². The van der Waals surface area contributed by atoms with Crippen LogP contribution in [0.2, 0.25) is 0 Å². The Morgan fingerprint density at radius 3 is 2.30 bits per heavy atom. The Morgan fingerprint density at radius 1 is 1.30 bits per heavy atom. The number of H-pyrrole nitrogens is 1. The second-order valence-electron chi connectivity index (χ2n) is 7.25. The molecule has 1 unspecified atom stereocenters. The first-order chi connectivity index (χ1) is 10.5. The van der Waals surface area contributed by atoms with E-state index in [9.17, 15) is 14.7 Å². The minimum Gasteiger partial charge on any atom is -0.392 e. The molecule has 0 bridgehead atoms. The van der Waals surface area contributed by atoms with Gasteiger partial charge in [0, 0.05) is 23.2 Å². The number of aliphatic hydroxyl groups is 1. The molecule has 1 aromatic rings. The summed E-state index contributed by atoms with van der Waals surface area (Å²) in [6.45, 7) is 13.4. The molecule has 1 amide bonds. The molecule has 5 heteroatoms. The smallest absolute Gasteiger partial charge is 0.268 e. The summed E-state index contributed by atoms with van der Waals surface area (Å²) >= 11 is 0. The number of nitrogens with one attached hydrogen (secondary N) is 2. The van der Waals surface area contributed by atoms with E-state index in [1.165, 1.54) is 6.92 Å². The van der Waals surface area contributed by atoms with E-state index in [4.69, 9.17) is 0 Å². The van der Waals surface area contributed by atoms with Crippen molar-refractivity contribution < 1.29 is 14.7 Å². The molecule has 0 aromatic carbocycles. The van der Waals surface area contributed by atoms with E-state index in [-0.39, 0.29) is 17.6 Å². The van der Waals surface area contributed by atoms with Crippen LogP contribution >= 0.6 is 0 Å². The number of Topliss-reactive ketones (excluding diaryl/α,β-unsaturated/α-hetero) is 1. The highest BCUT2D eigenvalue weighted by atomic mass is 16.3. The van der Waals surface area contributed by atoms with E-state index in [0.29, 0.717) is 24.2 Å². The lowest BCUT2D eigenvalue weighted by Gasteiger charge is -2.33. The Morgan fingerprint density at radius 2 is 1.87 bits per heavy atom. The van der Waals surface area contributed by atoms with Gasteiger partial charge in [-0.2, -0.15) is 0 Å². The summed E-state index contributed by atoms with van der Waals surface area (Å²) in [6.07, 6.45) is 0.103. The second kappa shape index (κ2) is 7.30. The van der Waals surface area contributed by atoms with Gasteiger partial charge in [-0.25, -0.2) is 0 Å². The monoisotopic (exact) mass is 322 g/mol. The van der Waals surface area contributed by atoms with Gasteiger partial charge in [-0.15, -0.1) is 0 Å². The van der Waals surface area contributed by atoms with Gasteiger partial charge < -0.3 is 15.4 Å². The summed E-state index contributed by atoms with van der Waals surface area (Å²) in [6, 6.07) is 0. The van der Waals surface area contributed by atoms with E-state index < -0.39 is 11.5 Å². The minimum absolute atomic E-state index is 0.0368. The number of carbonyl (C=O) groups is 2. The van der Waals surface area contributed by atoms with Crippen LogP contribution in [-0.2, 0) is 6.42 Å². The zero-order chi connectivity index (χ0) is 17.9. The average Bonchev–Trinajstić information content (AvgIpc) is 2.80. The number of aliphatic hydroxyl groups excluding tert-OH is 1. The van der Waals surface area contributed by atoms with Gasteiger partial charge in [0.15, 0.2) is 5.78 Å². The molecule has 1 heterocycles. The Balaban J connectivity index is 2.96. The van der Waals surface area contributed by atoms with E-state index >= 15 is 0 Å². The van der Waals surface area contributed by atoms with E-state index in [2.05, 4.69) is 10.3 Å². The molecule has 1 aromatic heterocycles. The number of aromatic amines is 1. The predicted molar refractivity (Wildman–Crippen MR) is 91.9 cm³/mol. The third-order valence-corrected chi connectivity index (χ3v) is 4.36. The van der Waals surface area contributed by atoms with Gasteiger partial charge in [0.1, 0.15) is 5.69 Å². The first kappa shape index (κ1) is 19.4. The molecule has 0 spiro atoms. The molecule has 0 aliphatic rings. The zero-order valence-corrected chi connectivity index (χ0v) is 15.3. The number of rotatable bonds is 7. The third kappa shape index (κ3) is 4.22. The quantitative estimate of drug-likeness (QED) is 0.675. The molecule has 1 atom stereocenters. The lowest BCUT2D eigenvalue weighted by Crippen LogP contribution is -2.43. The standard InChI is InChI=1S/C18H30N2O3/c1-8-13-14(12(5)21)11(4)20-15(13)17(23)19-9-18(6,7)16(22)10(2)3/h10,16,20,22H,8-9H2,1-7H3,(H,19,23). The van der Waals surface area contributed by atoms with Crippen molar-refractivity contribution in [2.45, 2.75) is 61.0 Å². The van der Waals surface area contributed by atoms with Crippen molar-refractivity contribution in [1.82, 2.24) is 10.3 Å². The summed E-state index contributed by atoms with van der Waals surface area (Å²) < 4.78 is 0. The van der Waals surface area contributed by atoms with Crippen molar-refractivity contribution in [3.63, 3.8) is 0 Å². The van der Waals surface area contributed by atoms with Crippen LogP contribution in [0.1, 0.15) is 73.6 Å². The summed E-state index contributed by atoms with van der Waals surface area (Å²) in [4.78, 5) is 27.3. The maximum atomic E-state index is 12.5. The molecule has 0 fully saturated rings. The maximum Gasteiger partial charge on any atom is 0.268 e. The van der Waals surface area contributed by atoms with Crippen LogP contribution in [0.25, 0.3) is 0 Å². The summed E-state index contributed by atoms with van der Waals surface area (Å²) in [7, 11) is 0. The molecular formula is C18H30N2O3. The molecule has 0 aliphatic heterocycles. The Hall–Kier alpha value is -1.62. The summed E-state index contributed by atoms with van der Waals surface area (Å²) in [5.74, 6) is -0.156. The zero-order valence-electron chi connectivity index (χ0n) is 15.3. The maximum absolute atomic E-state index is 12.5. The van der Waals surface area contributed by atoms with Crippen LogP contribution in [0, 0.1) is 18.3 Å². The fourth-order valence-electron chi connectivity index (χ4n) is 3.10. The number of hydrogen-bond acceptors (Lipinski definition) is 3. The second-order valence-corrected chi connectivity index (χ2v) is 7.25. The largest absolute Gasteiger partial charge is 0.392 e. The van der Waals surface area contributed by atoms with Gasteiger partial charge >= 0.3 is 0 Å². The van der Waals surface area contributed by atoms with Crippen molar-refractivity contribution >= 4 is 11.7 Å². The summed E-state index contributed by atoms with van der Waals surface area (Å²) in [5.41, 5.74) is 2.11. The molecule has 3 N–H and O–H groups in total. The normalized spacial score (nSPS) is 13.3. The Bertz CT molecular complexity index is 585. The number of hydrogen-bond donors (Lipinski definition) is 3. The van der Waals surface area contributed by atoms with Crippen molar-refractivity contribution in [1.29, 1.82) is 0 Å². The number of aromatic nitrogens is 1. The molecule has 0 aliphatic carbocycles. The van der Waals surface area contributed by atoms with Gasteiger partial charge in [-0.3, -0.25) is 9.59 Å². The van der Waals surface area contributed by atoms with Gasteiger partial charge in [0.25, 0.3) is 5.91 Å². The van der Waals surface area contributed by atoms with Crippen molar-refractivity contribution in [2.24, 2.45) is 11.3 Å². The molecule has 0 saturated heterocycles. The van der Waals surface area contributed by atoms with Crippen LogP contribution in [0.15, 0.2) is 0 Å². The van der Waals surface area contributed by atoms with E-state index in [1.807, 2.05) is 34.6 Å². The lowest BCUT2D eigenvalue weighted by atomic mass is 9.80. The number of aryl methyl sites for hydroxylation is 1. The number of ketones is 1. The van der Waals surface area contributed by atoms with Crippen LogP contribution in [0.3, 0.4) is 0 Å². The lowest BCUT2D eigenvalue weighted by molar-refractivity contribution is 0.0138. The fraction of sp³-hybridized carbons (Fsp3) is 0.667. The highest BCUT2D eigenvalue weighted by Crippen LogP contribution is 2.26. The van der Waals surface area contributed by atoms with Gasteiger partial charge in [-0.1, -0.05) is 34.6 Å². The van der Waals surface area contributed by atoms with Crippen LogP contribution < -0.4 is 5.32 Å². The van der Waals surface area contributed by atoms with E-state index in [0.717, 1.165) is 11.3 Å². The molecule has 130 valence electrons. The molecule has 0 saturated carbocycles. The van der Waals surface area contributed by atoms with Crippen molar-refractivity contribution in [3.8, 4) is 0 Å². The Labute approximate surface area is 138 Å². The topological polar surface area (TPSA) is 82.2 Å². The van der Waals surface area contributed by atoms with Crippen molar-refractivity contribution in [3.05, 3.63) is 22.5 Å². The SMILES string of the molecule is CCc1c(C(=O)NCC(C)(C)C(O)C(C)C)[nH]c(C)c1C(C)=O.